The van der Waals surface area contributed by atoms with Gasteiger partial charge in [0.2, 0.25) is 10.0 Å². The molecule has 1 amide bonds. The highest BCUT2D eigenvalue weighted by molar-refractivity contribution is 7.92. The highest BCUT2D eigenvalue weighted by atomic mass is 35.5. The molecule has 1 heterocycles. The fraction of sp³-hybridized carbons (Fsp3) is 0.200. The Kier molecular flexibility index (Phi) is 5.95. The number of nitrogens with one attached hydrogen (secondary N) is 2. The Morgan fingerprint density at radius 3 is 2.21 bits per heavy atom. The first-order chi connectivity index (χ1) is 13.6. The van der Waals surface area contributed by atoms with Crippen molar-refractivity contribution in [2.24, 2.45) is 0 Å². The van der Waals surface area contributed by atoms with Crippen LogP contribution in [0.1, 0.15) is 27.2 Å². The highest BCUT2D eigenvalue weighted by Crippen LogP contribution is 2.23. The first-order valence-electron chi connectivity index (χ1n) is 8.80. The molecule has 1 aromatic heterocycles. The van der Waals surface area contributed by atoms with E-state index in [-0.39, 0.29) is 11.1 Å². The summed E-state index contributed by atoms with van der Waals surface area (Å²) in [5.41, 5.74) is 3.93. The van der Waals surface area contributed by atoms with Gasteiger partial charge in [-0.1, -0.05) is 41.4 Å². The van der Waals surface area contributed by atoms with Gasteiger partial charge in [-0.05, 0) is 43.7 Å². The van der Waals surface area contributed by atoms with Crippen molar-refractivity contribution in [1.29, 1.82) is 0 Å². The zero-order valence-corrected chi connectivity index (χ0v) is 17.8. The van der Waals surface area contributed by atoms with Crippen molar-refractivity contribution in [3.05, 3.63) is 76.1 Å². The van der Waals surface area contributed by atoms with Gasteiger partial charge in [0.1, 0.15) is 5.15 Å². The van der Waals surface area contributed by atoms with E-state index >= 15 is 0 Å². The first kappa shape index (κ1) is 20.9. The standard InChI is InChI=1S/C20H21ClN4O3S/c1-13-4-6-15(7-5-13)12-25-19(21)18(14(2)23-25)20(26)22-16-8-10-17(11-9-16)24-29(3,27)28/h4-11,24H,12H2,1-3H3,(H,22,26). The summed E-state index contributed by atoms with van der Waals surface area (Å²) in [5, 5.41) is 7.41. The molecule has 0 saturated heterocycles. The minimum atomic E-state index is -3.36. The molecule has 152 valence electrons. The molecule has 2 aromatic carbocycles. The Bertz CT molecular complexity index is 1140. The number of benzene rings is 2. The Morgan fingerprint density at radius 1 is 1.03 bits per heavy atom. The van der Waals surface area contributed by atoms with E-state index in [0.29, 0.717) is 29.2 Å². The van der Waals surface area contributed by atoms with Crippen LogP contribution in [0.2, 0.25) is 5.15 Å². The van der Waals surface area contributed by atoms with Gasteiger partial charge >= 0.3 is 0 Å². The molecular formula is C20H21ClN4O3S. The maximum atomic E-state index is 12.7. The Labute approximate surface area is 174 Å². The molecule has 3 aromatic rings. The first-order valence-corrected chi connectivity index (χ1v) is 11.1. The zero-order valence-electron chi connectivity index (χ0n) is 16.2. The van der Waals surface area contributed by atoms with E-state index in [1.54, 1.807) is 35.9 Å². The van der Waals surface area contributed by atoms with Crippen LogP contribution in [0.5, 0.6) is 0 Å². The van der Waals surface area contributed by atoms with Crippen LogP contribution in [0.15, 0.2) is 48.5 Å². The number of nitrogens with zero attached hydrogens (tertiary/aromatic N) is 2. The number of rotatable bonds is 6. The number of halogens is 1. The lowest BCUT2D eigenvalue weighted by atomic mass is 10.1. The third-order valence-corrected chi connectivity index (χ3v) is 5.18. The smallest absolute Gasteiger partial charge is 0.260 e. The van der Waals surface area contributed by atoms with Crippen molar-refractivity contribution in [3.63, 3.8) is 0 Å². The number of carbonyl (C=O) groups is 1. The molecule has 9 heteroatoms. The van der Waals surface area contributed by atoms with E-state index in [1.165, 1.54) is 0 Å². The van der Waals surface area contributed by atoms with Crippen molar-refractivity contribution in [3.8, 4) is 0 Å². The Hall–Kier alpha value is -2.84. The fourth-order valence-corrected chi connectivity index (χ4v) is 3.70. The van der Waals surface area contributed by atoms with Crippen molar-refractivity contribution in [2.75, 3.05) is 16.3 Å². The third-order valence-electron chi connectivity index (χ3n) is 4.19. The lowest BCUT2D eigenvalue weighted by Crippen LogP contribution is -2.13. The van der Waals surface area contributed by atoms with E-state index in [2.05, 4.69) is 15.1 Å². The van der Waals surface area contributed by atoms with Crippen LogP contribution < -0.4 is 10.0 Å². The SMILES string of the molecule is Cc1ccc(Cn2nc(C)c(C(=O)Nc3ccc(NS(C)(=O)=O)cc3)c2Cl)cc1. The van der Waals surface area contributed by atoms with Gasteiger partial charge in [0.25, 0.3) is 5.91 Å². The second kappa shape index (κ2) is 8.26. The average Bonchev–Trinajstić information content (AvgIpc) is 2.91. The number of sulfonamides is 1. The second-order valence-corrected chi connectivity index (χ2v) is 8.91. The minimum Gasteiger partial charge on any atom is -0.322 e. The van der Waals surface area contributed by atoms with E-state index in [0.717, 1.165) is 17.4 Å². The highest BCUT2D eigenvalue weighted by Gasteiger charge is 2.20. The van der Waals surface area contributed by atoms with E-state index in [4.69, 9.17) is 11.6 Å². The fourth-order valence-electron chi connectivity index (χ4n) is 2.81. The second-order valence-electron chi connectivity index (χ2n) is 6.80. The number of anilines is 2. The quantitative estimate of drug-likeness (QED) is 0.619. The van der Waals surface area contributed by atoms with Crippen molar-refractivity contribution in [2.45, 2.75) is 20.4 Å². The topological polar surface area (TPSA) is 93.1 Å². The summed E-state index contributed by atoms with van der Waals surface area (Å²) in [6, 6.07) is 14.3. The van der Waals surface area contributed by atoms with Crippen LogP contribution in [0.4, 0.5) is 11.4 Å². The van der Waals surface area contributed by atoms with Crippen molar-refractivity contribution < 1.29 is 13.2 Å². The maximum Gasteiger partial charge on any atom is 0.260 e. The molecule has 0 atom stereocenters. The molecular weight excluding hydrogens is 412 g/mol. The minimum absolute atomic E-state index is 0.260. The van der Waals surface area contributed by atoms with Crippen LogP contribution in [-0.4, -0.2) is 30.4 Å². The molecule has 0 spiro atoms. The summed E-state index contributed by atoms with van der Waals surface area (Å²) >= 11 is 6.43. The average molecular weight is 433 g/mol. The molecule has 0 radical (unpaired) electrons. The van der Waals surface area contributed by atoms with E-state index in [9.17, 15) is 13.2 Å². The number of hydrogen-bond acceptors (Lipinski definition) is 4. The summed E-state index contributed by atoms with van der Waals surface area (Å²) in [7, 11) is -3.36. The van der Waals surface area contributed by atoms with Gasteiger partial charge in [-0.25, -0.2) is 13.1 Å². The molecule has 3 rings (SSSR count). The predicted molar refractivity (Wildman–Crippen MR) is 115 cm³/mol. The number of amides is 1. The molecule has 0 unspecified atom stereocenters. The molecule has 7 nitrogen and oxygen atoms in total. The maximum absolute atomic E-state index is 12.7. The van der Waals surface area contributed by atoms with Gasteiger partial charge in [0.05, 0.1) is 24.1 Å². The van der Waals surface area contributed by atoms with Crippen LogP contribution in [0, 0.1) is 13.8 Å². The Balaban J connectivity index is 1.75. The molecule has 0 aliphatic carbocycles. The molecule has 0 saturated carbocycles. The molecule has 29 heavy (non-hydrogen) atoms. The van der Waals surface area contributed by atoms with Crippen LogP contribution >= 0.6 is 11.6 Å². The predicted octanol–water partition coefficient (Wildman–Crippen LogP) is 3.83. The molecule has 0 aliphatic rings. The molecule has 0 fully saturated rings. The Morgan fingerprint density at radius 2 is 1.62 bits per heavy atom. The monoisotopic (exact) mass is 432 g/mol. The largest absolute Gasteiger partial charge is 0.322 e. The molecule has 0 bridgehead atoms. The van der Waals surface area contributed by atoms with Crippen molar-refractivity contribution in [1.82, 2.24) is 9.78 Å². The van der Waals surface area contributed by atoms with Crippen LogP contribution in [-0.2, 0) is 16.6 Å². The van der Waals surface area contributed by atoms with Gasteiger partial charge in [0, 0.05) is 11.4 Å². The van der Waals surface area contributed by atoms with E-state index in [1.807, 2.05) is 31.2 Å². The number of aryl methyl sites for hydroxylation is 2. The molecule has 0 aliphatic heterocycles. The zero-order chi connectivity index (χ0) is 21.2. The van der Waals surface area contributed by atoms with Gasteiger partial charge < -0.3 is 5.32 Å². The van der Waals surface area contributed by atoms with Gasteiger partial charge in [-0.2, -0.15) is 5.10 Å². The van der Waals surface area contributed by atoms with Gasteiger partial charge in [-0.3, -0.25) is 9.52 Å². The lowest BCUT2D eigenvalue weighted by Gasteiger charge is -2.08. The van der Waals surface area contributed by atoms with Crippen LogP contribution in [0.3, 0.4) is 0 Å². The normalized spacial score (nSPS) is 11.3. The number of hydrogen-bond donors (Lipinski definition) is 2. The summed E-state index contributed by atoms with van der Waals surface area (Å²) in [6.45, 7) is 4.20. The lowest BCUT2D eigenvalue weighted by molar-refractivity contribution is 0.102. The summed E-state index contributed by atoms with van der Waals surface area (Å²) in [4.78, 5) is 12.7. The number of carbonyl (C=O) groups excluding carboxylic acids is 1. The van der Waals surface area contributed by atoms with Crippen LogP contribution in [0.25, 0.3) is 0 Å². The summed E-state index contributed by atoms with van der Waals surface area (Å²) < 4.78 is 26.5. The molecule has 2 N–H and O–H groups in total. The van der Waals surface area contributed by atoms with Crippen molar-refractivity contribution >= 4 is 38.9 Å². The van der Waals surface area contributed by atoms with Gasteiger partial charge in [0.15, 0.2) is 0 Å². The van der Waals surface area contributed by atoms with E-state index < -0.39 is 10.0 Å². The number of aromatic nitrogens is 2. The summed E-state index contributed by atoms with van der Waals surface area (Å²) in [6.07, 6.45) is 1.07. The van der Waals surface area contributed by atoms with Gasteiger partial charge in [-0.15, -0.1) is 0 Å². The summed E-state index contributed by atoms with van der Waals surface area (Å²) in [5.74, 6) is -0.383. The third kappa shape index (κ3) is 5.36.